The van der Waals surface area contributed by atoms with E-state index in [0.29, 0.717) is 12.7 Å². The predicted molar refractivity (Wildman–Crippen MR) is 100 cm³/mol. The van der Waals surface area contributed by atoms with Gasteiger partial charge in [-0.05, 0) is 30.2 Å². The Labute approximate surface area is 158 Å². The summed E-state index contributed by atoms with van der Waals surface area (Å²) in [5.74, 6) is 3.11. The van der Waals surface area contributed by atoms with Crippen molar-refractivity contribution in [1.82, 2.24) is 14.9 Å². The quantitative estimate of drug-likeness (QED) is 0.819. The summed E-state index contributed by atoms with van der Waals surface area (Å²) < 4.78 is 17.0. The van der Waals surface area contributed by atoms with Gasteiger partial charge in [0.2, 0.25) is 6.79 Å². The summed E-state index contributed by atoms with van der Waals surface area (Å²) in [5, 5.41) is 0. The highest BCUT2D eigenvalue weighted by Gasteiger charge is 2.34. The van der Waals surface area contributed by atoms with E-state index >= 15 is 0 Å². The number of anilines is 1. The first-order chi connectivity index (χ1) is 13.3. The van der Waals surface area contributed by atoms with Gasteiger partial charge < -0.3 is 19.1 Å². The molecule has 0 saturated carbocycles. The number of fused-ring (bicyclic) bond motifs is 4. The number of hydrogen-bond acceptors (Lipinski definition) is 7. The van der Waals surface area contributed by atoms with Crippen molar-refractivity contribution in [2.45, 2.75) is 19.5 Å². The van der Waals surface area contributed by atoms with E-state index in [0.717, 1.165) is 56.7 Å². The van der Waals surface area contributed by atoms with Crippen LogP contribution in [-0.4, -0.2) is 60.6 Å². The van der Waals surface area contributed by atoms with Gasteiger partial charge in [0.25, 0.3) is 0 Å². The molecule has 4 heterocycles. The summed E-state index contributed by atoms with van der Waals surface area (Å²) in [6.07, 6.45) is 5.34. The van der Waals surface area contributed by atoms with Crippen molar-refractivity contribution >= 4 is 5.82 Å². The van der Waals surface area contributed by atoms with E-state index in [1.807, 2.05) is 6.20 Å². The molecule has 0 N–H and O–H groups in total. The molecule has 2 bridgehead atoms. The molecule has 1 aromatic carbocycles. The Hall–Kier alpha value is -2.38. The number of rotatable bonds is 3. The standard InChI is InChI=1S/C20H24N4O3/c1-14-4-18-19(27-13-26-18)5-16(14)9-23-7-15-8-24(17(10-23)12-25-11-15)20-6-21-2-3-22-20/h2-6,15,17H,7-13H2,1H3/t15-,17-/m0/s1. The summed E-state index contributed by atoms with van der Waals surface area (Å²) in [4.78, 5) is 13.7. The van der Waals surface area contributed by atoms with E-state index in [1.165, 1.54) is 11.1 Å². The van der Waals surface area contributed by atoms with Gasteiger partial charge in [-0.3, -0.25) is 9.88 Å². The van der Waals surface area contributed by atoms with Crippen molar-refractivity contribution in [2.75, 3.05) is 44.5 Å². The van der Waals surface area contributed by atoms with Crippen LogP contribution >= 0.6 is 0 Å². The SMILES string of the molecule is Cc1cc2c(cc1CN1C[C@@H]3COC[C@H](C1)N(c1cnccn1)C3)OCO2. The fraction of sp³-hybridized carbons (Fsp3) is 0.500. The molecule has 27 heavy (non-hydrogen) atoms. The highest BCUT2D eigenvalue weighted by Crippen LogP contribution is 2.35. The number of benzene rings is 1. The van der Waals surface area contributed by atoms with Crippen molar-refractivity contribution in [3.8, 4) is 11.5 Å². The minimum absolute atomic E-state index is 0.281. The Morgan fingerprint density at radius 3 is 2.81 bits per heavy atom. The molecule has 2 saturated heterocycles. The first-order valence-corrected chi connectivity index (χ1v) is 9.48. The molecule has 0 unspecified atom stereocenters. The topological polar surface area (TPSA) is 60.0 Å². The molecule has 0 aliphatic carbocycles. The molecule has 2 atom stereocenters. The van der Waals surface area contributed by atoms with Crippen LogP contribution in [0, 0.1) is 12.8 Å². The smallest absolute Gasteiger partial charge is 0.231 e. The van der Waals surface area contributed by atoms with Crippen molar-refractivity contribution in [3.63, 3.8) is 0 Å². The Balaban J connectivity index is 1.38. The summed E-state index contributed by atoms with van der Waals surface area (Å²) in [5.41, 5.74) is 2.54. The van der Waals surface area contributed by atoms with Gasteiger partial charge in [0.15, 0.2) is 11.5 Å². The second-order valence-electron chi connectivity index (χ2n) is 7.60. The third kappa shape index (κ3) is 3.33. The molecule has 1 aromatic heterocycles. The first-order valence-electron chi connectivity index (χ1n) is 9.48. The second-order valence-corrected chi connectivity index (χ2v) is 7.60. The lowest BCUT2D eigenvalue weighted by Crippen LogP contribution is -2.44. The fourth-order valence-corrected chi connectivity index (χ4v) is 4.29. The molecule has 7 nitrogen and oxygen atoms in total. The van der Waals surface area contributed by atoms with Gasteiger partial charge in [0.1, 0.15) is 5.82 Å². The van der Waals surface area contributed by atoms with E-state index in [-0.39, 0.29) is 6.04 Å². The van der Waals surface area contributed by atoms with Crippen molar-refractivity contribution < 1.29 is 14.2 Å². The lowest BCUT2D eigenvalue weighted by Gasteiger charge is -2.32. The fourth-order valence-electron chi connectivity index (χ4n) is 4.29. The third-order valence-electron chi connectivity index (χ3n) is 5.61. The van der Waals surface area contributed by atoms with Crippen LogP contribution in [0.15, 0.2) is 30.7 Å². The number of aryl methyl sites for hydroxylation is 1. The van der Waals surface area contributed by atoms with Gasteiger partial charge in [-0.1, -0.05) is 0 Å². The Kier molecular flexibility index (Phi) is 4.33. The normalized spacial score (nSPS) is 24.7. The average Bonchev–Trinajstić information content (AvgIpc) is 2.92. The second kappa shape index (κ2) is 6.98. The minimum atomic E-state index is 0.281. The summed E-state index contributed by atoms with van der Waals surface area (Å²) >= 11 is 0. The largest absolute Gasteiger partial charge is 0.454 e. The summed E-state index contributed by atoms with van der Waals surface area (Å²) in [7, 11) is 0. The van der Waals surface area contributed by atoms with Gasteiger partial charge in [0.05, 0.1) is 25.5 Å². The summed E-state index contributed by atoms with van der Waals surface area (Å²) in [6.45, 7) is 7.81. The Morgan fingerprint density at radius 1 is 1.07 bits per heavy atom. The van der Waals surface area contributed by atoms with E-state index in [2.05, 4.69) is 38.8 Å². The maximum Gasteiger partial charge on any atom is 0.231 e. The zero-order valence-electron chi connectivity index (χ0n) is 15.5. The van der Waals surface area contributed by atoms with Gasteiger partial charge in [-0.2, -0.15) is 0 Å². The molecule has 142 valence electrons. The van der Waals surface area contributed by atoms with E-state index in [1.54, 1.807) is 12.4 Å². The third-order valence-corrected chi connectivity index (χ3v) is 5.61. The molecular weight excluding hydrogens is 344 g/mol. The highest BCUT2D eigenvalue weighted by molar-refractivity contribution is 5.48. The van der Waals surface area contributed by atoms with Crippen LogP contribution in [0.2, 0.25) is 0 Å². The summed E-state index contributed by atoms with van der Waals surface area (Å²) in [6, 6.07) is 4.50. The average molecular weight is 368 g/mol. The monoisotopic (exact) mass is 368 g/mol. The van der Waals surface area contributed by atoms with E-state index < -0.39 is 0 Å². The highest BCUT2D eigenvalue weighted by atomic mass is 16.7. The lowest BCUT2D eigenvalue weighted by atomic mass is 10.1. The van der Waals surface area contributed by atoms with Crippen molar-refractivity contribution in [1.29, 1.82) is 0 Å². The zero-order chi connectivity index (χ0) is 18.2. The Bertz CT molecular complexity index is 816. The van der Waals surface area contributed by atoms with Crippen LogP contribution in [0.4, 0.5) is 5.82 Å². The molecule has 0 spiro atoms. The Morgan fingerprint density at radius 2 is 1.96 bits per heavy atom. The molecule has 3 aliphatic heterocycles. The van der Waals surface area contributed by atoms with Gasteiger partial charge >= 0.3 is 0 Å². The molecule has 3 aliphatic rings. The molecule has 2 aromatic rings. The zero-order valence-corrected chi connectivity index (χ0v) is 15.5. The molecule has 0 radical (unpaired) electrons. The van der Waals surface area contributed by atoms with Crippen LogP contribution in [0.1, 0.15) is 11.1 Å². The minimum Gasteiger partial charge on any atom is -0.454 e. The van der Waals surface area contributed by atoms with Crippen molar-refractivity contribution in [2.24, 2.45) is 5.92 Å². The van der Waals surface area contributed by atoms with Crippen molar-refractivity contribution in [3.05, 3.63) is 41.9 Å². The molecule has 2 fully saturated rings. The van der Waals surface area contributed by atoms with E-state index in [4.69, 9.17) is 14.2 Å². The van der Waals surface area contributed by atoms with E-state index in [9.17, 15) is 0 Å². The number of nitrogens with zero attached hydrogens (tertiary/aromatic N) is 4. The van der Waals surface area contributed by atoms with Crippen LogP contribution in [0.5, 0.6) is 11.5 Å². The van der Waals surface area contributed by atoms with Gasteiger partial charge in [0, 0.05) is 44.5 Å². The molecular formula is C20H24N4O3. The van der Waals surface area contributed by atoms with Gasteiger partial charge in [-0.15, -0.1) is 0 Å². The molecule has 5 rings (SSSR count). The number of aromatic nitrogens is 2. The number of hydrogen-bond donors (Lipinski definition) is 0. The maximum absolute atomic E-state index is 5.94. The van der Waals surface area contributed by atoms with Crippen LogP contribution in [0.25, 0.3) is 0 Å². The van der Waals surface area contributed by atoms with Crippen LogP contribution in [-0.2, 0) is 11.3 Å². The van der Waals surface area contributed by atoms with Crippen LogP contribution in [0.3, 0.4) is 0 Å². The lowest BCUT2D eigenvalue weighted by molar-refractivity contribution is 0.0626. The van der Waals surface area contributed by atoms with Gasteiger partial charge in [-0.25, -0.2) is 4.98 Å². The number of ether oxygens (including phenoxy) is 3. The molecule has 7 heteroatoms. The first kappa shape index (κ1) is 16.8. The predicted octanol–water partition coefficient (Wildman–Crippen LogP) is 1.85. The maximum atomic E-state index is 5.94. The van der Waals surface area contributed by atoms with Crippen LogP contribution < -0.4 is 14.4 Å². The molecule has 0 amide bonds.